The summed E-state index contributed by atoms with van der Waals surface area (Å²) in [4.78, 5) is 14.0. The van der Waals surface area contributed by atoms with Crippen molar-refractivity contribution in [3.8, 4) is 0 Å². The van der Waals surface area contributed by atoms with Crippen molar-refractivity contribution >= 4 is 27.6 Å². The van der Waals surface area contributed by atoms with E-state index < -0.39 is 25.5 Å². The molecule has 0 spiro atoms. The van der Waals surface area contributed by atoms with Crippen molar-refractivity contribution in [2.24, 2.45) is 4.99 Å². The van der Waals surface area contributed by atoms with Gasteiger partial charge in [-0.25, -0.2) is 8.42 Å². The van der Waals surface area contributed by atoms with Crippen LogP contribution in [-0.4, -0.2) is 37.3 Å². The Hall–Kier alpha value is -2.78. The van der Waals surface area contributed by atoms with E-state index in [2.05, 4.69) is 9.71 Å². The number of para-hydroxylation sites is 2. The maximum atomic E-state index is 12.6. The number of rotatable bonds is 7. The van der Waals surface area contributed by atoms with E-state index in [0.717, 1.165) is 6.07 Å². The number of aliphatic imine (C=N–C) groups is 1. The van der Waals surface area contributed by atoms with Crippen LogP contribution in [0.15, 0.2) is 58.4 Å². The zero-order valence-electron chi connectivity index (χ0n) is 13.4. The average molecular weight is 363 g/mol. The third kappa shape index (κ3) is 4.61. The number of aliphatic hydroxyl groups excluding tert-OH is 1. The van der Waals surface area contributed by atoms with Crippen molar-refractivity contribution in [3.63, 3.8) is 0 Å². The lowest BCUT2D eigenvalue weighted by molar-refractivity contribution is -0.387. The van der Waals surface area contributed by atoms with E-state index in [4.69, 9.17) is 5.11 Å². The second-order valence-corrected chi connectivity index (χ2v) is 6.88. The van der Waals surface area contributed by atoms with Crippen LogP contribution in [0.25, 0.3) is 0 Å². The molecule has 0 aliphatic heterocycles. The molecule has 0 aliphatic carbocycles. The van der Waals surface area contributed by atoms with Crippen LogP contribution in [-0.2, 0) is 10.0 Å². The van der Waals surface area contributed by atoms with Gasteiger partial charge in [0.05, 0.1) is 23.3 Å². The molecule has 1 atom stereocenters. The predicted molar refractivity (Wildman–Crippen MR) is 94.5 cm³/mol. The SMILES string of the molecule is C[C@H](CO)N=Cc1ccccc1NS(=O)(=O)c1ccccc1[N+](=O)[O-]. The van der Waals surface area contributed by atoms with Gasteiger partial charge >= 0.3 is 0 Å². The van der Waals surface area contributed by atoms with Crippen LogP contribution in [0.4, 0.5) is 11.4 Å². The second kappa shape index (κ2) is 7.86. The molecule has 9 heteroatoms. The molecule has 0 amide bonds. The predicted octanol–water partition coefficient (Wildman–Crippen LogP) is 2.20. The highest BCUT2D eigenvalue weighted by molar-refractivity contribution is 7.92. The lowest BCUT2D eigenvalue weighted by Gasteiger charge is -2.11. The Balaban J connectivity index is 2.40. The van der Waals surface area contributed by atoms with Gasteiger partial charge in [-0.15, -0.1) is 0 Å². The second-order valence-electron chi connectivity index (χ2n) is 5.23. The fourth-order valence-electron chi connectivity index (χ4n) is 1.99. The van der Waals surface area contributed by atoms with E-state index in [1.807, 2.05) is 0 Å². The molecule has 132 valence electrons. The molecule has 0 bridgehead atoms. The zero-order valence-corrected chi connectivity index (χ0v) is 14.2. The molecule has 0 saturated carbocycles. The molecule has 0 aliphatic rings. The molecule has 0 aromatic heterocycles. The minimum absolute atomic E-state index is 0.138. The number of hydrogen-bond acceptors (Lipinski definition) is 6. The van der Waals surface area contributed by atoms with Gasteiger partial charge in [-0.3, -0.25) is 19.8 Å². The topological polar surface area (TPSA) is 122 Å². The summed E-state index contributed by atoms with van der Waals surface area (Å²) in [6.07, 6.45) is 1.44. The third-order valence-corrected chi connectivity index (χ3v) is 4.70. The normalized spacial score (nSPS) is 12.9. The van der Waals surface area contributed by atoms with Crippen molar-refractivity contribution < 1.29 is 18.4 Å². The molecule has 0 saturated heterocycles. The first-order valence-electron chi connectivity index (χ1n) is 7.34. The molecule has 0 heterocycles. The molecule has 2 rings (SSSR count). The Labute approximate surface area is 145 Å². The van der Waals surface area contributed by atoms with Crippen molar-refractivity contribution in [1.29, 1.82) is 0 Å². The number of hydrogen-bond donors (Lipinski definition) is 2. The van der Waals surface area contributed by atoms with Crippen molar-refractivity contribution in [2.75, 3.05) is 11.3 Å². The van der Waals surface area contributed by atoms with Gasteiger partial charge in [-0.2, -0.15) is 0 Å². The van der Waals surface area contributed by atoms with Gasteiger partial charge in [-0.05, 0) is 19.1 Å². The first-order valence-corrected chi connectivity index (χ1v) is 8.83. The number of nitro benzene ring substituents is 1. The maximum absolute atomic E-state index is 12.6. The average Bonchev–Trinajstić information content (AvgIpc) is 2.60. The standard InChI is InChI=1S/C16H17N3O5S/c1-12(11-20)17-10-13-6-2-3-7-14(13)18-25(23,24)16-9-5-4-8-15(16)19(21)22/h2-10,12,18,20H,11H2,1H3/t12-/m1/s1. The first kappa shape index (κ1) is 18.6. The first-order chi connectivity index (χ1) is 11.8. The van der Waals surface area contributed by atoms with E-state index in [1.54, 1.807) is 25.1 Å². The minimum atomic E-state index is -4.16. The zero-order chi connectivity index (χ0) is 18.4. The quantitative estimate of drug-likeness (QED) is 0.443. The number of nitrogens with zero attached hydrogens (tertiary/aromatic N) is 2. The van der Waals surface area contributed by atoms with Crippen LogP contribution in [0.1, 0.15) is 12.5 Å². The number of aliphatic hydroxyl groups is 1. The van der Waals surface area contributed by atoms with Gasteiger partial charge in [0.25, 0.3) is 15.7 Å². The van der Waals surface area contributed by atoms with Gasteiger partial charge in [0.15, 0.2) is 4.90 Å². The summed E-state index contributed by atoms with van der Waals surface area (Å²) in [5, 5.41) is 20.1. The number of nitrogens with one attached hydrogen (secondary N) is 1. The van der Waals surface area contributed by atoms with Gasteiger partial charge in [-0.1, -0.05) is 30.3 Å². The van der Waals surface area contributed by atoms with Gasteiger partial charge in [0, 0.05) is 17.8 Å². The summed E-state index contributed by atoms with van der Waals surface area (Å²) in [7, 11) is -4.16. The summed E-state index contributed by atoms with van der Waals surface area (Å²) in [6.45, 7) is 1.57. The molecule has 25 heavy (non-hydrogen) atoms. The minimum Gasteiger partial charge on any atom is -0.394 e. The van der Waals surface area contributed by atoms with Crippen molar-refractivity contribution in [3.05, 3.63) is 64.2 Å². The number of sulfonamides is 1. The number of benzene rings is 2. The monoisotopic (exact) mass is 363 g/mol. The fourth-order valence-corrected chi connectivity index (χ4v) is 3.25. The fraction of sp³-hybridized carbons (Fsp3) is 0.188. The largest absolute Gasteiger partial charge is 0.394 e. The molecular weight excluding hydrogens is 346 g/mol. The summed E-state index contributed by atoms with van der Waals surface area (Å²) in [6, 6.07) is 11.3. The lowest BCUT2D eigenvalue weighted by atomic mass is 10.2. The Morgan fingerprint density at radius 1 is 1.24 bits per heavy atom. The highest BCUT2D eigenvalue weighted by Crippen LogP contribution is 2.26. The van der Waals surface area contributed by atoms with Crippen LogP contribution in [0.5, 0.6) is 0 Å². The summed E-state index contributed by atoms with van der Waals surface area (Å²) in [5.74, 6) is 0. The van der Waals surface area contributed by atoms with Crippen LogP contribution in [0, 0.1) is 10.1 Å². The summed E-state index contributed by atoms with van der Waals surface area (Å²) < 4.78 is 27.5. The van der Waals surface area contributed by atoms with Crippen molar-refractivity contribution in [1.82, 2.24) is 0 Å². The number of anilines is 1. The molecule has 2 aromatic rings. The highest BCUT2D eigenvalue weighted by Gasteiger charge is 2.25. The smallest absolute Gasteiger partial charge is 0.289 e. The van der Waals surface area contributed by atoms with Gasteiger partial charge in [0.2, 0.25) is 0 Å². The Bertz CT molecular complexity index is 896. The van der Waals surface area contributed by atoms with E-state index in [-0.39, 0.29) is 18.3 Å². The van der Waals surface area contributed by atoms with Crippen LogP contribution in [0.2, 0.25) is 0 Å². The van der Waals surface area contributed by atoms with Crippen LogP contribution >= 0.6 is 0 Å². The molecule has 2 N–H and O–H groups in total. The van der Waals surface area contributed by atoms with E-state index in [1.165, 1.54) is 30.5 Å². The molecule has 0 fully saturated rings. The molecule has 0 unspecified atom stereocenters. The Morgan fingerprint density at radius 3 is 2.56 bits per heavy atom. The molecule has 8 nitrogen and oxygen atoms in total. The van der Waals surface area contributed by atoms with Gasteiger partial charge < -0.3 is 5.11 Å². The third-order valence-electron chi connectivity index (χ3n) is 3.29. The number of nitro groups is 1. The maximum Gasteiger partial charge on any atom is 0.289 e. The lowest BCUT2D eigenvalue weighted by Crippen LogP contribution is -2.16. The van der Waals surface area contributed by atoms with E-state index in [9.17, 15) is 18.5 Å². The Kier molecular flexibility index (Phi) is 5.84. The van der Waals surface area contributed by atoms with E-state index >= 15 is 0 Å². The molecular formula is C16H17N3O5S. The Morgan fingerprint density at radius 2 is 1.88 bits per heavy atom. The van der Waals surface area contributed by atoms with Crippen LogP contribution < -0.4 is 4.72 Å². The van der Waals surface area contributed by atoms with E-state index in [0.29, 0.717) is 5.56 Å². The highest BCUT2D eigenvalue weighted by atomic mass is 32.2. The van der Waals surface area contributed by atoms with Crippen molar-refractivity contribution in [2.45, 2.75) is 17.9 Å². The van der Waals surface area contributed by atoms with Gasteiger partial charge in [0.1, 0.15) is 0 Å². The molecule has 0 radical (unpaired) electrons. The molecule has 2 aromatic carbocycles. The summed E-state index contributed by atoms with van der Waals surface area (Å²) >= 11 is 0. The van der Waals surface area contributed by atoms with Crippen LogP contribution in [0.3, 0.4) is 0 Å². The summed E-state index contributed by atoms with van der Waals surface area (Å²) in [5.41, 5.74) is 0.203.